The van der Waals surface area contributed by atoms with Gasteiger partial charge in [0.05, 0.1) is 11.6 Å². The normalized spacial score (nSPS) is 17.2. The van der Waals surface area contributed by atoms with Gasteiger partial charge < -0.3 is 15.5 Å². The van der Waals surface area contributed by atoms with Gasteiger partial charge in [0, 0.05) is 23.5 Å². The molecular weight excluding hydrogens is 366 g/mol. The monoisotopic (exact) mass is 385 g/mol. The van der Waals surface area contributed by atoms with E-state index in [1.54, 1.807) is 0 Å². The van der Waals surface area contributed by atoms with E-state index in [9.17, 15) is 4.79 Å². The van der Waals surface area contributed by atoms with Gasteiger partial charge in [0.1, 0.15) is 0 Å². The molecule has 0 aliphatic carbocycles. The maximum absolute atomic E-state index is 13.1. The number of hydrogen-bond acceptors (Lipinski definition) is 2. The first-order chi connectivity index (χ1) is 12.4. The fourth-order valence-corrected chi connectivity index (χ4v) is 3.25. The van der Waals surface area contributed by atoms with Crippen molar-refractivity contribution >= 4 is 40.5 Å². The summed E-state index contributed by atoms with van der Waals surface area (Å²) in [5.41, 5.74) is 4.27. The number of hydrogen-bond donors (Lipinski definition) is 2. The van der Waals surface area contributed by atoms with Gasteiger partial charge in [-0.1, -0.05) is 41.4 Å². The van der Waals surface area contributed by atoms with Gasteiger partial charge in [-0.05, 0) is 55.9 Å². The summed E-state index contributed by atoms with van der Waals surface area (Å²) in [4.78, 5) is 14.9. The fraction of sp³-hybridized carbons (Fsp3) is 0.200. The number of nitrogens with zero attached hydrogens (tertiary/aromatic N) is 1. The van der Waals surface area contributed by atoms with Gasteiger partial charge in [0.25, 0.3) is 5.91 Å². The maximum atomic E-state index is 13.1. The minimum absolute atomic E-state index is 0.159. The minimum atomic E-state index is -0.332. The summed E-state index contributed by atoms with van der Waals surface area (Å²) in [6.07, 6.45) is 0. The Hall–Kier alpha value is -2.37. The van der Waals surface area contributed by atoms with Crippen LogP contribution in [-0.2, 0) is 4.79 Å². The molecule has 0 saturated heterocycles. The quantitative estimate of drug-likeness (QED) is 0.767. The molecule has 1 unspecified atom stereocenters. The number of thiocarbonyl (C=S) groups is 1. The van der Waals surface area contributed by atoms with Crippen molar-refractivity contribution in [2.24, 2.45) is 0 Å². The number of anilines is 1. The molecule has 0 fully saturated rings. The molecule has 1 heterocycles. The van der Waals surface area contributed by atoms with Crippen molar-refractivity contribution in [1.29, 1.82) is 0 Å². The SMILES string of the molecule is CC1=C(C(=O)Nc2ccc(C)cc2)C(c2ccc(Cl)cc2)NC(=S)N1C. The number of carbonyl (C=O) groups excluding carboxylic acids is 1. The van der Waals surface area contributed by atoms with Crippen molar-refractivity contribution in [2.75, 3.05) is 12.4 Å². The van der Waals surface area contributed by atoms with Gasteiger partial charge in [0.2, 0.25) is 0 Å². The Labute approximate surface area is 163 Å². The van der Waals surface area contributed by atoms with E-state index in [0.29, 0.717) is 15.7 Å². The lowest BCUT2D eigenvalue weighted by molar-refractivity contribution is -0.113. The van der Waals surface area contributed by atoms with Gasteiger partial charge in [-0.15, -0.1) is 0 Å². The predicted molar refractivity (Wildman–Crippen MR) is 110 cm³/mol. The van der Waals surface area contributed by atoms with E-state index in [1.807, 2.05) is 74.3 Å². The van der Waals surface area contributed by atoms with Crippen LogP contribution >= 0.6 is 23.8 Å². The molecule has 1 atom stereocenters. The van der Waals surface area contributed by atoms with E-state index in [-0.39, 0.29) is 11.9 Å². The van der Waals surface area contributed by atoms with E-state index in [0.717, 1.165) is 22.5 Å². The standard InChI is InChI=1S/C20H20ClN3OS/c1-12-4-10-16(11-5-12)22-19(25)17-13(2)24(3)20(26)23-18(17)14-6-8-15(21)9-7-14/h4-11,18H,1-3H3,(H,22,25)(H,23,26). The molecule has 26 heavy (non-hydrogen) atoms. The van der Waals surface area contributed by atoms with Crippen LogP contribution in [0.2, 0.25) is 5.02 Å². The molecule has 0 aromatic heterocycles. The molecule has 134 valence electrons. The number of amides is 1. The van der Waals surface area contributed by atoms with Gasteiger partial charge in [-0.25, -0.2) is 0 Å². The number of benzene rings is 2. The zero-order valence-electron chi connectivity index (χ0n) is 14.8. The molecule has 2 aromatic rings. The van der Waals surface area contributed by atoms with Gasteiger partial charge in [0.15, 0.2) is 5.11 Å². The first-order valence-corrected chi connectivity index (χ1v) is 9.04. The molecule has 1 aliphatic rings. The van der Waals surface area contributed by atoms with Crippen molar-refractivity contribution in [2.45, 2.75) is 19.9 Å². The summed E-state index contributed by atoms with van der Waals surface area (Å²) in [7, 11) is 1.85. The molecule has 1 amide bonds. The first kappa shape index (κ1) is 18.4. The van der Waals surface area contributed by atoms with Crippen molar-refractivity contribution in [1.82, 2.24) is 10.2 Å². The van der Waals surface area contributed by atoms with Gasteiger partial charge in [-0.3, -0.25) is 4.79 Å². The molecular formula is C20H20ClN3OS. The van der Waals surface area contributed by atoms with E-state index in [2.05, 4.69) is 10.6 Å². The molecule has 0 saturated carbocycles. The fourth-order valence-electron chi connectivity index (χ4n) is 2.87. The van der Waals surface area contributed by atoms with Crippen molar-refractivity contribution in [3.8, 4) is 0 Å². The largest absolute Gasteiger partial charge is 0.351 e. The van der Waals surface area contributed by atoms with Crippen LogP contribution in [0, 0.1) is 6.92 Å². The van der Waals surface area contributed by atoms with Crippen LogP contribution in [0.25, 0.3) is 0 Å². The molecule has 1 aliphatic heterocycles. The molecule has 2 N–H and O–H groups in total. The third-order valence-corrected chi connectivity index (χ3v) is 5.16. The smallest absolute Gasteiger partial charge is 0.255 e. The van der Waals surface area contributed by atoms with Crippen LogP contribution in [0.3, 0.4) is 0 Å². The Kier molecular flexibility index (Phi) is 5.30. The van der Waals surface area contributed by atoms with Crippen molar-refractivity contribution < 1.29 is 4.79 Å². The molecule has 0 bridgehead atoms. The number of carbonyl (C=O) groups is 1. The molecule has 4 nitrogen and oxygen atoms in total. The topological polar surface area (TPSA) is 44.4 Å². The van der Waals surface area contributed by atoms with Gasteiger partial charge in [-0.2, -0.15) is 0 Å². The van der Waals surface area contributed by atoms with Crippen LogP contribution in [0.1, 0.15) is 24.1 Å². The van der Waals surface area contributed by atoms with Crippen LogP contribution in [0.15, 0.2) is 59.8 Å². The number of aryl methyl sites for hydroxylation is 1. The van der Waals surface area contributed by atoms with Crippen molar-refractivity contribution in [3.63, 3.8) is 0 Å². The zero-order valence-corrected chi connectivity index (χ0v) is 16.4. The number of rotatable bonds is 3. The van der Waals surface area contributed by atoms with E-state index < -0.39 is 0 Å². The minimum Gasteiger partial charge on any atom is -0.351 e. The molecule has 0 radical (unpaired) electrons. The number of allylic oxidation sites excluding steroid dienone is 1. The summed E-state index contributed by atoms with van der Waals surface area (Å²) >= 11 is 11.4. The summed E-state index contributed by atoms with van der Waals surface area (Å²) in [5, 5.41) is 7.46. The molecule has 3 rings (SSSR count). The van der Waals surface area contributed by atoms with Gasteiger partial charge >= 0.3 is 0 Å². The van der Waals surface area contributed by atoms with Crippen molar-refractivity contribution in [3.05, 3.63) is 76.0 Å². The average molecular weight is 386 g/mol. The zero-order chi connectivity index (χ0) is 18.8. The van der Waals surface area contributed by atoms with Crippen LogP contribution < -0.4 is 10.6 Å². The first-order valence-electron chi connectivity index (χ1n) is 8.25. The lowest BCUT2D eigenvalue weighted by Crippen LogP contribution is -2.46. The highest BCUT2D eigenvalue weighted by Gasteiger charge is 2.32. The Morgan fingerprint density at radius 3 is 2.35 bits per heavy atom. The third-order valence-electron chi connectivity index (χ3n) is 4.51. The second-order valence-corrected chi connectivity index (χ2v) is 7.14. The Balaban J connectivity index is 1.97. The highest BCUT2D eigenvalue weighted by molar-refractivity contribution is 7.80. The Bertz CT molecular complexity index is 875. The molecule has 2 aromatic carbocycles. The Morgan fingerprint density at radius 2 is 1.73 bits per heavy atom. The lowest BCUT2D eigenvalue weighted by Gasteiger charge is -2.35. The van der Waals surface area contributed by atoms with Crippen LogP contribution in [0.5, 0.6) is 0 Å². The highest BCUT2D eigenvalue weighted by Crippen LogP contribution is 2.31. The highest BCUT2D eigenvalue weighted by atomic mass is 35.5. The summed E-state index contributed by atoms with van der Waals surface area (Å²) < 4.78 is 0. The predicted octanol–water partition coefficient (Wildman–Crippen LogP) is 4.42. The number of nitrogens with one attached hydrogen (secondary N) is 2. The summed E-state index contributed by atoms with van der Waals surface area (Å²) in [6.45, 7) is 3.91. The Morgan fingerprint density at radius 1 is 1.12 bits per heavy atom. The second-order valence-electron chi connectivity index (χ2n) is 6.31. The van der Waals surface area contributed by atoms with E-state index in [4.69, 9.17) is 23.8 Å². The summed E-state index contributed by atoms with van der Waals surface area (Å²) in [6, 6.07) is 14.8. The van der Waals surface area contributed by atoms with Crippen LogP contribution in [0.4, 0.5) is 5.69 Å². The third kappa shape index (κ3) is 3.74. The number of halogens is 1. The maximum Gasteiger partial charge on any atom is 0.255 e. The lowest BCUT2D eigenvalue weighted by atomic mass is 9.94. The summed E-state index contributed by atoms with van der Waals surface area (Å²) in [5.74, 6) is -0.159. The second kappa shape index (κ2) is 7.48. The van der Waals surface area contributed by atoms with E-state index in [1.165, 1.54) is 0 Å². The van der Waals surface area contributed by atoms with E-state index >= 15 is 0 Å². The molecule has 0 spiro atoms. The average Bonchev–Trinajstić information content (AvgIpc) is 2.62. The molecule has 6 heteroatoms. The van der Waals surface area contributed by atoms with Crippen LogP contribution in [-0.4, -0.2) is 23.0 Å².